The van der Waals surface area contributed by atoms with E-state index in [9.17, 15) is 0 Å². The number of hydrogen-bond donors (Lipinski definition) is 0. The van der Waals surface area contributed by atoms with Crippen LogP contribution < -0.4 is 4.90 Å². The third-order valence-electron chi connectivity index (χ3n) is 4.02. The molecule has 3 aromatic heterocycles. The average Bonchev–Trinajstić information content (AvgIpc) is 3.22. The van der Waals surface area contributed by atoms with Gasteiger partial charge in [-0.2, -0.15) is 10.2 Å². The summed E-state index contributed by atoms with van der Waals surface area (Å²) in [6, 6.07) is 0.380. The van der Waals surface area contributed by atoms with Gasteiger partial charge in [0.2, 0.25) is 0 Å². The molecule has 0 bridgehead atoms. The van der Waals surface area contributed by atoms with Crippen molar-refractivity contribution in [3.8, 4) is 0 Å². The van der Waals surface area contributed by atoms with Crippen molar-refractivity contribution in [1.29, 1.82) is 0 Å². The van der Waals surface area contributed by atoms with Crippen molar-refractivity contribution >= 4 is 16.9 Å². The van der Waals surface area contributed by atoms with E-state index in [0.717, 1.165) is 42.8 Å². The van der Waals surface area contributed by atoms with Crippen molar-refractivity contribution in [2.75, 3.05) is 11.4 Å². The lowest BCUT2D eigenvalue weighted by atomic mass is 10.2. The zero-order valence-electron chi connectivity index (χ0n) is 11.8. The molecule has 0 aromatic carbocycles. The van der Waals surface area contributed by atoms with Crippen LogP contribution in [0.2, 0.25) is 0 Å². The van der Waals surface area contributed by atoms with Gasteiger partial charge in [0.05, 0.1) is 24.2 Å². The number of fused-ring (bicyclic) bond motifs is 1. The van der Waals surface area contributed by atoms with Crippen molar-refractivity contribution in [3.63, 3.8) is 0 Å². The van der Waals surface area contributed by atoms with Crippen LogP contribution in [0.25, 0.3) is 11.0 Å². The number of anilines is 1. The Kier molecular flexibility index (Phi) is 2.80. The normalized spacial score (nSPS) is 18.7. The molecule has 108 valence electrons. The molecule has 0 spiro atoms. The molecule has 1 atom stereocenters. The molecule has 1 saturated heterocycles. The third kappa shape index (κ3) is 2.03. The largest absolute Gasteiger partial charge is 0.351 e. The number of aryl methyl sites for hydroxylation is 1. The van der Waals surface area contributed by atoms with Crippen LogP contribution in [0.4, 0.5) is 5.82 Å². The lowest BCUT2D eigenvalue weighted by molar-refractivity contribution is 0.507. The number of nitrogens with zero attached hydrogens (tertiary/aromatic N) is 8. The maximum Gasteiger partial charge on any atom is 0.163 e. The summed E-state index contributed by atoms with van der Waals surface area (Å²) in [5.41, 5.74) is 0.867. The summed E-state index contributed by atoms with van der Waals surface area (Å²) in [5, 5.41) is 9.50. The fourth-order valence-electron chi connectivity index (χ4n) is 3.03. The molecule has 8 nitrogen and oxygen atoms in total. The summed E-state index contributed by atoms with van der Waals surface area (Å²) in [5.74, 6) is 0.968. The number of aromatic nitrogens is 7. The second-order valence-electron chi connectivity index (χ2n) is 5.31. The highest BCUT2D eigenvalue weighted by Crippen LogP contribution is 2.29. The SMILES string of the molecule is Cn1ncc2c(N3CCCC3Cn3cncn3)ncnc21. The molecule has 0 aliphatic carbocycles. The van der Waals surface area contributed by atoms with Crippen molar-refractivity contribution in [1.82, 2.24) is 34.5 Å². The van der Waals surface area contributed by atoms with Gasteiger partial charge in [-0.3, -0.25) is 9.36 Å². The third-order valence-corrected chi connectivity index (χ3v) is 4.02. The molecule has 0 radical (unpaired) electrons. The molecule has 0 saturated carbocycles. The topological polar surface area (TPSA) is 77.5 Å². The van der Waals surface area contributed by atoms with E-state index in [-0.39, 0.29) is 0 Å². The van der Waals surface area contributed by atoms with Crippen LogP contribution in [0.15, 0.2) is 25.2 Å². The van der Waals surface area contributed by atoms with Gasteiger partial charge in [0.25, 0.3) is 0 Å². The van der Waals surface area contributed by atoms with Gasteiger partial charge in [-0.25, -0.2) is 15.0 Å². The van der Waals surface area contributed by atoms with Gasteiger partial charge in [-0.05, 0) is 12.8 Å². The fraction of sp³-hybridized carbons (Fsp3) is 0.462. The molecular formula is C13H16N8. The predicted molar refractivity (Wildman–Crippen MR) is 76.7 cm³/mol. The standard InChI is InChI=1S/C13H16N8/c1-19-12-11(5-17-19)13(16-8-15-12)21-4-2-3-10(21)6-20-9-14-7-18-20/h5,7-10H,2-4,6H2,1H3. The molecule has 0 amide bonds. The molecule has 1 unspecified atom stereocenters. The van der Waals surface area contributed by atoms with Crippen LogP contribution in [-0.2, 0) is 13.6 Å². The highest BCUT2D eigenvalue weighted by atomic mass is 15.4. The molecule has 1 aliphatic rings. The summed E-state index contributed by atoms with van der Waals surface area (Å²) in [4.78, 5) is 15.2. The average molecular weight is 284 g/mol. The minimum Gasteiger partial charge on any atom is -0.351 e. The van der Waals surface area contributed by atoms with Crippen molar-refractivity contribution in [3.05, 3.63) is 25.2 Å². The first kappa shape index (κ1) is 12.2. The molecule has 8 heteroatoms. The lowest BCUT2D eigenvalue weighted by Gasteiger charge is -2.25. The van der Waals surface area contributed by atoms with E-state index in [4.69, 9.17) is 0 Å². The molecule has 1 fully saturated rings. The fourth-order valence-corrected chi connectivity index (χ4v) is 3.03. The first-order chi connectivity index (χ1) is 10.3. The second kappa shape index (κ2) is 4.80. The molecule has 0 N–H and O–H groups in total. The Morgan fingerprint density at radius 3 is 3.05 bits per heavy atom. The van der Waals surface area contributed by atoms with Crippen LogP contribution >= 0.6 is 0 Å². The lowest BCUT2D eigenvalue weighted by Crippen LogP contribution is -2.33. The zero-order valence-corrected chi connectivity index (χ0v) is 11.8. The van der Waals surface area contributed by atoms with Crippen LogP contribution in [-0.4, -0.2) is 47.1 Å². The highest BCUT2D eigenvalue weighted by molar-refractivity contribution is 5.86. The van der Waals surface area contributed by atoms with Gasteiger partial charge in [0.1, 0.15) is 24.8 Å². The van der Waals surface area contributed by atoms with E-state index < -0.39 is 0 Å². The van der Waals surface area contributed by atoms with Gasteiger partial charge in [-0.1, -0.05) is 0 Å². The van der Waals surface area contributed by atoms with Gasteiger partial charge >= 0.3 is 0 Å². The van der Waals surface area contributed by atoms with Gasteiger partial charge in [0.15, 0.2) is 5.65 Å². The zero-order chi connectivity index (χ0) is 14.2. The monoisotopic (exact) mass is 284 g/mol. The molecule has 1 aliphatic heterocycles. The summed E-state index contributed by atoms with van der Waals surface area (Å²) < 4.78 is 3.66. The summed E-state index contributed by atoms with van der Waals surface area (Å²) in [6.07, 6.45) is 9.08. The maximum absolute atomic E-state index is 4.50. The smallest absolute Gasteiger partial charge is 0.163 e. The Morgan fingerprint density at radius 2 is 2.19 bits per heavy atom. The minimum absolute atomic E-state index is 0.380. The van der Waals surface area contributed by atoms with Crippen LogP contribution in [0, 0.1) is 0 Å². The van der Waals surface area contributed by atoms with E-state index in [1.807, 2.05) is 17.9 Å². The Morgan fingerprint density at radius 1 is 1.24 bits per heavy atom. The molecule has 3 aromatic rings. The van der Waals surface area contributed by atoms with Gasteiger partial charge in [0, 0.05) is 13.6 Å². The number of rotatable bonds is 3. The van der Waals surface area contributed by atoms with E-state index in [1.54, 1.807) is 23.7 Å². The van der Waals surface area contributed by atoms with Gasteiger partial charge < -0.3 is 4.90 Å². The van der Waals surface area contributed by atoms with E-state index in [0.29, 0.717) is 6.04 Å². The quantitative estimate of drug-likeness (QED) is 0.702. The van der Waals surface area contributed by atoms with Crippen molar-refractivity contribution in [2.24, 2.45) is 7.05 Å². The second-order valence-corrected chi connectivity index (χ2v) is 5.31. The Bertz CT molecular complexity index is 747. The Balaban J connectivity index is 1.70. The molecule has 21 heavy (non-hydrogen) atoms. The van der Waals surface area contributed by atoms with Crippen molar-refractivity contribution < 1.29 is 0 Å². The minimum atomic E-state index is 0.380. The molecular weight excluding hydrogens is 268 g/mol. The van der Waals surface area contributed by atoms with Crippen LogP contribution in [0.1, 0.15) is 12.8 Å². The summed E-state index contributed by atoms with van der Waals surface area (Å²) >= 11 is 0. The Labute approximate surface area is 121 Å². The summed E-state index contributed by atoms with van der Waals surface area (Å²) in [7, 11) is 1.90. The van der Waals surface area contributed by atoms with Crippen LogP contribution in [0.5, 0.6) is 0 Å². The summed E-state index contributed by atoms with van der Waals surface area (Å²) in [6.45, 7) is 1.83. The Hall–Kier alpha value is -2.51. The maximum atomic E-state index is 4.50. The molecule has 4 heterocycles. The number of hydrogen-bond acceptors (Lipinski definition) is 6. The first-order valence-corrected chi connectivity index (χ1v) is 7.04. The van der Waals surface area contributed by atoms with Gasteiger partial charge in [-0.15, -0.1) is 0 Å². The van der Waals surface area contributed by atoms with E-state index in [2.05, 4.69) is 30.0 Å². The van der Waals surface area contributed by atoms with E-state index >= 15 is 0 Å². The van der Waals surface area contributed by atoms with Crippen LogP contribution in [0.3, 0.4) is 0 Å². The molecule has 4 rings (SSSR count). The first-order valence-electron chi connectivity index (χ1n) is 7.04. The van der Waals surface area contributed by atoms with Crippen molar-refractivity contribution in [2.45, 2.75) is 25.4 Å². The predicted octanol–water partition coefficient (Wildman–Crippen LogP) is 0.624. The van der Waals surface area contributed by atoms with E-state index in [1.165, 1.54) is 0 Å². The highest BCUT2D eigenvalue weighted by Gasteiger charge is 2.28.